The Hall–Kier alpha value is -2.43. The summed E-state index contributed by atoms with van der Waals surface area (Å²) in [5.74, 6) is -1.60. The van der Waals surface area contributed by atoms with Crippen molar-refractivity contribution in [1.82, 2.24) is 4.57 Å². The number of benzene rings is 1. The van der Waals surface area contributed by atoms with Crippen LogP contribution in [0.1, 0.15) is 21.5 Å². The van der Waals surface area contributed by atoms with Crippen molar-refractivity contribution in [2.75, 3.05) is 0 Å². The Kier molecular flexibility index (Phi) is 3.46. The number of carboxylic acid groups (broad SMARTS) is 1. The molecule has 1 N–H and O–H groups in total. The highest BCUT2D eigenvalue weighted by Crippen LogP contribution is 2.06. The van der Waals surface area contributed by atoms with Crippen LogP contribution < -0.4 is 5.56 Å². The second-order valence-electron chi connectivity index (χ2n) is 4.24. The number of carbonyl (C=O) groups is 1. The third-order valence-corrected chi connectivity index (χ3v) is 2.85. The standard InChI is InChI=1S/C14H12FNO3/c1-9-6-7-16(13(17)12(9)14(18)19)8-10-2-4-11(15)5-3-10/h2-7H,8H2,1H3,(H,18,19). The van der Waals surface area contributed by atoms with Gasteiger partial charge in [0.15, 0.2) is 0 Å². The highest BCUT2D eigenvalue weighted by Gasteiger charge is 2.14. The van der Waals surface area contributed by atoms with E-state index in [1.165, 1.54) is 22.9 Å². The lowest BCUT2D eigenvalue weighted by Crippen LogP contribution is -2.27. The zero-order valence-electron chi connectivity index (χ0n) is 10.3. The number of aromatic carboxylic acids is 1. The molecular weight excluding hydrogens is 249 g/mol. The van der Waals surface area contributed by atoms with E-state index in [0.29, 0.717) is 5.56 Å². The van der Waals surface area contributed by atoms with E-state index in [4.69, 9.17) is 5.11 Å². The Morgan fingerprint density at radius 1 is 1.26 bits per heavy atom. The van der Waals surface area contributed by atoms with Crippen LogP contribution in [0.25, 0.3) is 0 Å². The normalized spacial score (nSPS) is 10.4. The van der Waals surface area contributed by atoms with Crippen LogP contribution in [0.15, 0.2) is 41.3 Å². The molecule has 0 spiro atoms. The summed E-state index contributed by atoms with van der Waals surface area (Å²) < 4.78 is 14.1. The molecule has 0 aliphatic heterocycles. The molecular formula is C14H12FNO3. The number of pyridine rings is 1. The molecule has 0 radical (unpaired) electrons. The van der Waals surface area contributed by atoms with Crippen LogP contribution in [0.4, 0.5) is 4.39 Å². The van der Waals surface area contributed by atoms with Gasteiger partial charge < -0.3 is 9.67 Å². The van der Waals surface area contributed by atoms with Crippen molar-refractivity contribution in [2.45, 2.75) is 13.5 Å². The third-order valence-electron chi connectivity index (χ3n) is 2.85. The molecule has 0 saturated heterocycles. The minimum absolute atomic E-state index is 0.208. The Labute approximate surface area is 108 Å². The summed E-state index contributed by atoms with van der Waals surface area (Å²) in [6.45, 7) is 1.78. The predicted molar refractivity (Wildman–Crippen MR) is 67.9 cm³/mol. The van der Waals surface area contributed by atoms with Gasteiger partial charge in [-0.1, -0.05) is 12.1 Å². The van der Waals surface area contributed by atoms with E-state index in [9.17, 15) is 14.0 Å². The van der Waals surface area contributed by atoms with Gasteiger partial charge in [-0.3, -0.25) is 4.79 Å². The third kappa shape index (κ3) is 2.70. The summed E-state index contributed by atoms with van der Waals surface area (Å²) in [4.78, 5) is 23.0. The maximum absolute atomic E-state index is 12.8. The van der Waals surface area contributed by atoms with E-state index in [-0.39, 0.29) is 17.9 Å². The molecule has 19 heavy (non-hydrogen) atoms. The lowest BCUT2D eigenvalue weighted by atomic mass is 10.1. The fourth-order valence-corrected chi connectivity index (χ4v) is 1.84. The van der Waals surface area contributed by atoms with Crippen molar-refractivity contribution in [3.8, 4) is 0 Å². The van der Waals surface area contributed by atoms with Crippen LogP contribution in [-0.2, 0) is 6.54 Å². The lowest BCUT2D eigenvalue weighted by molar-refractivity contribution is 0.0693. The molecule has 1 aromatic carbocycles. The van der Waals surface area contributed by atoms with Gasteiger partial charge in [0.25, 0.3) is 5.56 Å². The minimum Gasteiger partial charge on any atom is -0.477 e. The number of halogens is 1. The number of hydrogen-bond donors (Lipinski definition) is 1. The number of rotatable bonds is 3. The van der Waals surface area contributed by atoms with E-state index in [2.05, 4.69) is 0 Å². The summed E-state index contributed by atoms with van der Waals surface area (Å²) >= 11 is 0. The topological polar surface area (TPSA) is 59.3 Å². The Balaban J connectivity index is 2.41. The maximum atomic E-state index is 12.8. The van der Waals surface area contributed by atoms with Crippen LogP contribution in [-0.4, -0.2) is 15.6 Å². The SMILES string of the molecule is Cc1ccn(Cc2ccc(F)cc2)c(=O)c1C(=O)O. The van der Waals surface area contributed by atoms with Gasteiger partial charge in [0.2, 0.25) is 0 Å². The Bertz CT molecular complexity index is 674. The average molecular weight is 261 g/mol. The van der Waals surface area contributed by atoms with Crippen LogP contribution in [0, 0.1) is 12.7 Å². The van der Waals surface area contributed by atoms with Crippen LogP contribution >= 0.6 is 0 Å². The Morgan fingerprint density at radius 3 is 2.47 bits per heavy atom. The van der Waals surface area contributed by atoms with E-state index < -0.39 is 11.5 Å². The summed E-state index contributed by atoms with van der Waals surface area (Å²) in [6, 6.07) is 7.29. The summed E-state index contributed by atoms with van der Waals surface area (Å²) in [5.41, 5.74) is 0.359. The predicted octanol–water partition coefficient (Wildman–Crippen LogP) is 2.04. The molecule has 0 aliphatic rings. The molecule has 1 heterocycles. The van der Waals surface area contributed by atoms with Gasteiger partial charge in [-0.2, -0.15) is 0 Å². The molecule has 2 aromatic rings. The van der Waals surface area contributed by atoms with Gasteiger partial charge in [-0.05, 0) is 36.2 Å². The molecule has 0 bridgehead atoms. The first-order valence-corrected chi connectivity index (χ1v) is 5.67. The smallest absolute Gasteiger partial charge is 0.341 e. The molecule has 0 aliphatic carbocycles. The van der Waals surface area contributed by atoms with E-state index in [1.54, 1.807) is 25.1 Å². The van der Waals surface area contributed by atoms with Crippen molar-refractivity contribution in [2.24, 2.45) is 0 Å². The molecule has 98 valence electrons. The van der Waals surface area contributed by atoms with Gasteiger partial charge >= 0.3 is 5.97 Å². The molecule has 0 fully saturated rings. The monoisotopic (exact) mass is 261 g/mol. The fourth-order valence-electron chi connectivity index (χ4n) is 1.84. The molecule has 0 amide bonds. The molecule has 0 atom stereocenters. The molecule has 4 nitrogen and oxygen atoms in total. The number of nitrogens with zero attached hydrogens (tertiary/aromatic N) is 1. The average Bonchev–Trinajstić information content (AvgIpc) is 2.35. The summed E-state index contributed by atoms with van der Waals surface area (Å²) in [7, 11) is 0. The van der Waals surface area contributed by atoms with Gasteiger partial charge in [-0.15, -0.1) is 0 Å². The molecule has 2 rings (SSSR count). The maximum Gasteiger partial charge on any atom is 0.341 e. The first-order valence-electron chi connectivity index (χ1n) is 5.67. The van der Waals surface area contributed by atoms with E-state index in [0.717, 1.165) is 5.56 Å². The van der Waals surface area contributed by atoms with Gasteiger partial charge in [0.05, 0.1) is 6.54 Å². The minimum atomic E-state index is -1.24. The molecule has 1 aromatic heterocycles. The van der Waals surface area contributed by atoms with Crippen molar-refractivity contribution >= 4 is 5.97 Å². The zero-order valence-corrected chi connectivity index (χ0v) is 10.3. The number of hydrogen-bond acceptors (Lipinski definition) is 2. The van der Waals surface area contributed by atoms with Crippen LogP contribution in [0.3, 0.4) is 0 Å². The lowest BCUT2D eigenvalue weighted by Gasteiger charge is -2.08. The van der Waals surface area contributed by atoms with Crippen LogP contribution in [0.5, 0.6) is 0 Å². The quantitative estimate of drug-likeness (QED) is 0.919. The van der Waals surface area contributed by atoms with Crippen LogP contribution in [0.2, 0.25) is 0 Å². The summed E-state index contributed by atoms with van der Waals surface area (Å²) in [6.07, 6.45) is 1.54. The highest BCUT2D eigenvalue weighted by atomic mass is 19.1. The van der Waals surface area contributed by atoms with Gasteiger partial charge in [-0.25, -0.2) is 9.18 Å². The zero-order chi connectivity index (χ0) is 14.0. The van der Waals surface area contributed by atoms with E-state index in [1.807, 2.05) is 0 Å². The van der Waals surface area contributed by atoms with Crippen molar-refractivity contribution in [1.29, 1.82) is 0 Å². The van der Waals surface area contributed by atoms with Crippen molar-refractivity contribution in [3.63, 3.8) is 0 Å². The first kappa shape index (κ1) is 13.0. The number of aromatic nitrogens is 1. The van der Waals surface area contributed by atoms with Gasteiger partial charge in [0, 0.05) is 6.20 Å². The second kappa shape index (κ2) is 5.06. The molecule has 0 unspecified atom stereocenters. The Morgan fingerprint density at radius 2 is 1.89 bits per heavy atom. The number of aryl methyl sites for hydroxylation is 1. The second-order valence-corrected chi connectivity index (χ2v) is 4.24. The van der Waals surface area contributed by atoms with Crippen molar-refractivity contribution in [3.05, 3.63) is 69.4 Å². The molecule has 5 heteroatoms. The fraction of sp³-hybridized carbons (Fsp3) is 0.143. The molecule has 0 saturated carbocycles. The number of carboxylic acids is 1. The van der Waals surface area contributed by atoms with Gasteiger partial charge in [0.1, 0.15) is 11.4 Å². The summed E-state index contributed by atoms with van der Waals surface area (Å²) in [5, 5.41) is 9.01. The van der Waals surface area contributed by atoms with Crippen molar-refractivity contribution < 1.29 is 14.3 Å². The largest absolute Gasteiger partial charge is 0.477 e. The first-order chi connectivity index (χ1) is 8.99. The highest BCUT2D eigenvalue weighted by molar-refractivity contribution is 5.88. The van der Waals surface area contributed by atoms with E-state index >= 15 is 0 Å².